The maximum absolute atomic E-state index is 13.2. The zero-order chi connectivity index (χ0) is 12.5. The van der Waals surface area contributed by atoms with E-state index in [9.17, 15) is 4.39 Å². The van der Waals surface area contributed by atoms with Crippen molar-refractivity contribution in [2.24, 2.45) is 5.10 Å². The summed E-state index contributed by atoms with van der Waals surface area (Å²) in [7, 11) is 0. The molecule has 17 heavy (non-hydrogen) atoms. The Bertz CT molecular complexity index is 393. The van der Waals surface area contributed by atoms with Gasteiger partial charge in [0.15, 0.2) is 5.11 Å². The van der Waals surface area contributed by atoms with E-state index >= 15 is 0 Å². The maximum Gasteiger partial charge on any atom is 0.186 e. The van der Waals surface area contributed by atoms with Gasteiger partial charge in [0.05, 0.1) is 6.21 Å². The summed E-state index contributed by atoms with van der Waals surface area (Å²) in [6, 6.07) is 6.42. The number of hydrogen-bond acceptors (Lipinski definition) is 2. The van der Waals surface area contributed by atoms with Crippen LogP contribution >= 0.6 is 12.2 Å². The molecule has 0 atom stereocenters. The number of nitrogens with zero attached hydrogens (tertiary/aromatic N) is 1. The van der Waals surface area contributed by atoms with E-state index in [-0.39, 0.29) is 5.82 Å². The van der Waals surface area contributed by atoms with Gasteiger partial charge in [0, 0.05) is 12.1 Å². The van der Waals surface area contributed by atoms with Gasteiger partial charge < -0.3 is 5.32 Å². The fourth-order valence-electron chi connectivity index (χ4n) is 1.16. The van der Waals surface area contributed by atoms with Crippen LogP contribution in [0, 0.1) is 5.82 Å². The van der Waals surface area contributed by atoms with E-state index < -0.39 is 0 Å². The molecule has 0 bridgehead atoms. The van der Waals surface area contributed by atoms with Crippen LogP contribution in [-0.4, -0.2) is 17.9 Å². The fraction of sp³-hybridized carbons (Fsp3) is 0.333. The molecule has 0 fully saturated rings. The topological polar surface area (TPSA) is 36.4 Å². The highest BCUT2D eigenvalue weighted by Gasteiger charge is 1.96. The number of thiocarbonyl (C=S) groups is 1. The van der Waals surface area contributed by atoms with Gasteiger partial charge in [-0.15, -0.1) is 0 Å². The van der Waals surface area contributed by atoms with E-state index in [1.807, 2.05) is 0 Å². The third-order valence-corrected chi connectivity index (χ3v) is 2.33. The first kappa shape index (κ1) is 13.6. The predicted molar refractivity (Wildman–Crippen MR) is 72.6 cm³/mol. The maximum atomic E-state index is 13.2. The second kappa shape index (κ2) is 7.73. The summed E-state index contributed by atoms with van der Waals surface area (Å²) in [5.74, 6) is -0.303. The molecule has 0 aliphatic rings. The monoisotopic (exact) mass is 253 g/mol. The van der Waals surface area contributed by atoms with E-state index in [2.05, 4.69) is 22.8 Å². The van der Waals surface area contributed by atoms with Crippen molar-refractivity contribution in [2.45, 2.75) is 19.8 Å². The molecule has 2 N–H and O–H groups in total. The van der Waals surface area contributed by atoms with Crippen molar-refractivity contribution >= 4 is 23.5 Å². The molecule has 3 nitrogen and oxygen atoms in total. The van der Waals surface area contributed by atoms with Gasteiger partial charge in [0.1, 0.15) is 5.82 Å². The van der Waals surface area contributed by atoms with Crippen molar-refractivity contribution < 1.29 is 4.39 Å². The van der Waals surface area contributed by atoms with Crippen molar-refractivity contribution in [1.82, 2.24) is 10.7 Å². The average molecular weight is 253 g/mol. The van der Waals surface area contributed by atoms with Crippen LogP contribution in [0.5, 0.6) is 0 Å². The first-order chi connectivity index (χ1) is 8.24. The summed E-state index contributed by atoms with van der Waals surface area (Å²) in [4.78, 5) is 0. The Labute approximate surface area is 106 Å². The van der Waals surface area contributed by atoms with Crippen LogP contribution in [0.3, 0.4) is 0 Å². The lowest BCUT2D eigenvalue weighted by Gasteiger charge is -2.05. The smallest absolute Gasteiger partial charge is 0.186 e. The van der Waals surface area contributed by atoms with Gasteiger partial charge in [0.2, 0.25) is 0 Å². The zero-order valence-corrected chi connectivity index (χ0v) is 10.6. The summed E-state index contributed by atoms with van der Waals surface area (Å²) in [5, 5.41) is 7.31. The number of halogens is 1. The van der Waals surface area contributed by atoms with E-state index in [0.717, 1.165) is 19.4 Å². The summed E-state index contributed by atoms with van der Waals surface area (Å²) in [6.07, 6.45) is 3.57. The first-order valence-electron chi connectivity index (χ1n) is 5.55. The lowest BCUT2D eigenvalue weighted by molar-refractivity contribution is 0.626. The van der Waals surface area contributed by atoms with Crippen molar-refractivity contribution in [3.63, 3.8) is 0 Å². The van der Waals surface area contributed by atoms with Crippen LogP contribution in [0.25, 0.3) is 0 Å². The van der Waals surface area contributed by atoms with Crippen LogP contribution in [0.4, 0.5) is 4.39 Å². The number of benzene rings is 1. The Hall–Kier alpha value is -1.49. The summed E-state index contributed by atoms with van der Waals surface area (Å²) in [6.45, 7) is 2.92. The van der Waals surface area contributed by atoms with Crippen LogP contribution in [0.2, 0.25) is 0 Å². The molecule has 0 amide bonds. The van der Waals surface area contributed by atoms with E-state index in [0.29, 0.717) is 10.7 Å². The highest BCUT2D eigenvalue weighted by atomic mass is 32.1. The van der Waals surface area contributed by atoms with E-state index in [1.165, 1.54) is 12.3 Å². The summed E-state index contributed by atoms with van der Waals surface area (Å²) in [5.41, 5.74) is 3.07. The van der Waals surface area contributed by atoms with Crippen molar-refractivity contribution in [1.29, 1.82) is 0 Å². The molecule has 1 aromatic rings. The Morgan fingerprint density at radius 1 is 1.47 bits per heavy atom. The molecule has 0 heterocycles. The third-order valence-electron chi connectivity index (χ3n) is 2.09. The molecule has 1 aromatic carbocycles. The number of hydrazone groups is 1. The predicted octanol–water partition coefficient (Wildman–Crippen LogP) is 2.42. The number of rotatable bonds is 5. The first-order valence-corrected chi connectivity index (χ1v) is 5.96. The van der Waals surface area contributed by atoms with Gasteiger partial charge in [-0.05, 0) is 24.7 Å². The Morgan fingerprint density at radius 2 is 2.24 bits per heavy atom. The van der Waals surface area contributed by atoms with Gasteiger partial charge >= 0.3 is 0 Å². The van der Waals surface area contributed by atoms with Gasteiger partial charge in [-0.3, -0.25) is 5.43 Å². The van der Waals surface area contributed by atoms with Crippen LogP contribution in [0.15, 0.2) is 29.4 Å². The van der Waals surface area contributed by atoms with E-state index in [4.69, 9.17) is 12.2 Å². The summed E-state index contributed by atoms with van der Waals surface area (Å²) >= 11 is 4.99. The van der Waals surface area contributed by atoms with Gasteiger partial charge in [-0.25, -0.2) is 4.39 Å². The summed E-state index contributed by atoms with van der Waals surface area (Å²) < 4.78 is 13.2. The number of nitrogens with one attached hydrogen (secondary N) is 2. The molecule has 0 saturated heterocycles. The molecule has 0 radical (unpaired) electrons. The largest absolute Gasteiger partial charge is 0.361 e. The standard InChI is InChI=1S/C12H16FN3S/c1-2-3-8-14-12(17)16-15-9-10-6-4-5-7-11(10)13/h4-7,9H,2-3,8H2,1H3,(H2,14,16,17)/b15-9-. The molecule has 0 saturated carbocycles. The molecule has 0 aliphatic carbocycles. The molecule has 0 aromatic heterocycles. The quantitative estimate of drug-likeness (QED) is 0.366. The minimum absolute atomic E-state index is 0.303. The second-order valence-corrected chi connectivity index (χ2v) is 3.91. The molecule has 92 valence electrons. The minimum Gasteiger partial charge on any atom is -0.361 e. The highest BCUT2D eigenvalue weighted by molar-refractivity contribution is 7.80. The molecular formula is C12H16FN3S. The van der Waals surface area contributed by atoms with Gasteiger partial charge in [0.25, 0.3) is 0 Å². The van der Waals surface area contributed by atoms with E-state index in [1.54, 1.807) is 18.2 Å². The molecule has 0 unspecified atom stereocenters. The molecule has 0 spiro atoms. The normalized spacial score (nSPS) is 10.5. The van der Waals surface area contributed by atoms with Crippen LogP contribution in [0.1, 0.15) is 25.3 Å². The third kappa shape index (κ3) is 5.40. The second-order valence-electron chi connectivity index (χ2n) is 3.50. The number of unbranched alkanes of at least 4 members (excludes halogenated alkanes) is 1. The van der Waals surface area contributed by atoms with Crippen molar-refractivity contribution in [2.75, 3.05) is 6.54 Å². The SMILES string of the molecule is CCCCNC(=S)N/N=C\c1ccccc1F. The van der Waals surface area contributed by atoms with Gasteiger partial charge in [-0.2, -0.15) is 5.10 Å². The highest BCUT2D eigenvalue weighted by Crippen LogP contribution is 2.02. The average Bonchev–Trinajstić information content (AvgIpc) is 2.32. The van der Waals surface area contributed by atoms with Crippen molar-refractivity contribution in [3.05, 3.63) is 35.6 Å². The Kier molecular flexibility index (Phi) is 6.17. The molecular weight excluding hydrogens is 237 g/mol. The van der Waals surface area contributed by atoms with Crippen LogP contribution in [-0.2, 0) is 0 Å². The van der Waals surface area contributed by atoms with Gasteiger partial charge in [-0.1, -0.05) is 31.5 Å². The molecule has 0 aliphatic heterocycles. The lowest BCUT2D eigenvalue weighted by atomic mass is 10.2. The lowest BCUT2D eigenvalue weighted by Crippen LogP contribution is -2.32. The number of hydrogen-bond donors (Lipinski definition) is 2. The molecule has 5 heteroatoms. The van der Waals surface area contributed by atoms with Crippen molar-refractivity contribution in [3.8, 4) is 0 Å². The fourth-order valence-corrected chi connectivity index (χ4v) is 1.31. The van der Waals surface area contributed by atoms with Crippen LogP contribution < -0.4 is 10.7 Å². The Balaban J connectivity index is 2.35. The molecule has 1 rings (SSSR count). The Morgan fingerprint density at radius 3 is 2.94 bits per heavy atom. The minimum atomic E-state index is -0.303. The zero-order valence-electron chi connectivity index (χ0n) is 9.74.